The summed E-state index contributed by atoms with van der Waals surface area (Å²) in [6.07, 6.45) is -72.7. The number of hydrogen-bond acceptors (Lipinski definition) is 39. The van der Waals surface area contributed by atoms with Crippen LogP contribution in [0.1, 0.15) is 27.7 Å². The quantitative estimate of drug-likeness (QED) is 0.0358. The van der Waals surface area contributed by atoms with Gasteiger partial charge in [0.1, 0.15) is 171 Å². The summed E-state index contributed by atoms with van der Waals surface area (Å²) in [7, 11) is 0. The zero-order valence-corrected chi connectivity index (χ0v) is 50.1. The molecule has 540 valence electrons. The zero-order valence-electron chi connectivity index (χ0n) is 50.1. The molecule has 93 heavy (non-hydrogen) atoms. The Morgan fingerprint density at radius 3 is 1.42 bits per heavy atom. The van der Waals surface area contributed by atoms with Crippen LogP contribution in [0, 0.1) is 5.92 Å². The van der Waals surface area contributed by atoms with E-state index >= 15 is 0 Å². The standard InChI is InChI=1S/C52H88N2O39/c1-12-39(87-48-23(53-14(3)61)42(29(69)20(9-59)82-48)90-52-44(34(74)28(68)19(8-58)84-52)92-49-36(76)31(71)25(65)13(2)81-49)30(70)22(86-46(12)88-40(17(64)6-56)26(66)16(63)5-55)11-80-47-24(54-15(4)62)43(91-51-38(78)33(73)35(75)45(79)93-51)41(21(10-60)85-47)89-50-37(77)32(72)27(67)18(7-57)83-50/h5,12-13,16-52,56-60,63-79H,6-11H2,1-4H3,(H,53,61)(H,54,62)/t12-,13+,16+,17-,18-,19-,20-,21-,22-,23-,24-,25-,26-,27+,28+,29-,30+,31-,32+,33-,34+,35+,36+,37-,38+,39-,40?,41-,42?,43-,44-,45+,46+,47-,48+,49-,50-,51-,52+/m1/s1. The molecule has 7 aliphatic rings. The first-order valence-electron chi connectivity index (χ1n) is 29.6. The van der Waals surface area contributed by atoms with E-state index in [2.05, 4.69) is 10.6 Å². The van der Waals surface area contributed by atoms with Crippen LogP contribution >= 0.6 is 0 Å². The molecule has 41 heteroatoms. The van der Waals surface area contributed by atoms with Gasteiger partial charge in [-0.15, -0.1) is 0 Å². The van der Waals surface area contributed by atoms with Crippen molar-refractivity contribution in [1.29, 1.82) is 0 Å². The highest BCUT2D eigenvalue weighted by atomic mass is 16.8. The van der Waals surface area contributed by atoms with Crippen molar-refractivity contribution in [2.45, 2.75) is 261 Å². The van der Waals surface area contributed by atoms with Gasteiger partial charge in [-0.3, -0.25) is 9.59 Å². The predicted molar refractivity (Wildman–Crippen MR) is 286 cm³/mol. The van der Waals surface area contributed by atoms with E-state index in [0.29, 0.717) is 0 Å². The first-order chi connectivity index (χ1) is 43.9. The Kier molecular flexibility index (Phi) is 28.2. The van der Waals surface area contributed by atoms with Gasteiger partial charge in [-0.1, -0.05) is 6.92 Å². The molecule has 7 aliphatic heterocycles. The predicted octanol–water partition coefficient (Wildman–Crippen LogP) is -16.1. The Hall–Kier alpha value is -2.83. The van der Waals surface area contributed by atoms with Crippen LogP contribution in [0.5, 0.6) is 0 Å². The normalized spacial score (nSPS) is 48.0. The van der Waals surface area contributed by atoms with Gasteiger partial charge in [0.2, 0.25) is 11.8 Å². The maximum Gasteiger partial charge on any atom is 0.217 e. The molecule has 7 heterocycles. The molecule has 0 saturated carbocycles. The number of carbonyl (C=O) groups excluding carboxylic acids is 3. The third-order valence-corrected chi connectivity index (χ3v) is 17.0. The Balaban J connectivity index is 1.25. The fourth-order valence-corrected chi connectivity index (χ4v) is 11.6. The maximum atomic E-state index is 13.2. The number of hydrogen-bond donors (Lipinski definition) is 24. The van der Waals surface area contributed by atoms with E-state index in [0.717, 1.165) is 13.8 Å². The molecule has 0 spiro atoms. The van der Waals surface area contributed by atoms with E-state index < -0.39 is 291 Å². The van der Waals surface area contributed by atoms with Crippen molar-refractivity contribution >= 4 is 18.1 Å². The summed E-state index contributed by atoms with van der Waals surface area (Å²) < 4.78 is 83.0. The first-order valence-corrected chi connectivity index (χ1v) is 29.6. The van der Waals surface area contributed by atoms with E-state index in [1.165, 1.54) is 13.8 Å². The van der Waals surface area contributed by atoms with E-state index in [4.69, 9.17) is 66.3 Å². The minimum absolute atomic E-state index is 0.154. The Morgan fingerprint density at radius 2 is 0.860 bits per heavy atom. The lowest BCUT2D eigenvalue weighted by atomic mass is 9.90. The number of carbonyl (C=O) groups is 3. The average molecular weight is 1370 g/mol. The van der Waals surface area contributed by atoms with Gasteiger partial charge in [-0.05, 0) is 6.92 Å². The van der Waals surface area contributed by atoms with Crippen LogP contribution in [0.2, 0.25) is 0 Å². The maximum absolute atomic E-state index is 13.2. The molecule has 0 bridgehead atoms. The molecule has 0 aromatic rings. The molecule has 2 amide bonds. The molecule has 2 unspecified atom stereocenters. The summed E-state index contributed by atoms with van der Waals surface area (Å²) >= 11 is 0. The van der Waals surface area contributed by atoms with Crippen LogP contribution in [0.25, 0.3) is 0 Å². The topological polar surface area (TPSA) is 650 Å². The van der Waals surface area contributed by atoms with Crippen molar-refractivity contribution in [2.24, 2.45) is 5.92 Å². The number of amides is 2. The number of aliphatic hydroxyl groups excluding tert-OH is 22. The molecule has 7 saturated heterocycles. The van der Waals surface area contributed by atoms with Gasteiger partial charge in [-0.2, -0.15) is 0 Å². The van der Waals surface area contributed by atoms with Gasteiger partial charge in [0.15, 0.2) is 56.6 Å². The molecule has 0 radical (unpaired) electrons. The van der Waals surface area contributed by atoms with Gasteiger partial charge in [-0.25, -0.2) is 0 Å². The molecular formula is C52H88N2O39. The number of aldehydes is 1. The van der Waals surface area contributed by atoms with Gasteiger partial charge >= 0.3 is 0 Å². The third-order valence-electron chi connectivity index (χ3n) is 17.0. The van der Waals surface area contributed by atoms with E-state index in [1.54, 1.807) is 0 Å². The van der Waals surface area contributed by atoms with Crippen molar-refractivity contribution < 1.29 is 193 Å². The lowest BCUT2D eigenvalue weighted by Crippen LogP contribution is -2.70. The fraction of sp³-hybridized carbons (Fsp3) is 0.942. The van der Waals surface area contributed by atoms with Crippen LogP contribution in [0.3, 0.4) is 0 Å². The smallest absolute Gasteiger partial charge is 0.217 e. The highest BCUT2D eigenvalue weighted by molar-refractivity contribution is 5.73. The second-order valence-electron chi connectivity index (χ2n) is 23.5. The molecule has 0 aromatic carbocycles. The van der Waals surface area contributed by atoms with Crippen LogP contribution in [0.15, 0.2) is 0 Å². The molecule has 7 rings (SSSR count). The lowest BCUT2D eigenvalue weighted by Gasteiger charge is -2.51. The van der Waals surface area contributed by atoms with Crippen molar-refractivity contribution in [2.75, 3.05) is 39.6 Å². The van der Waals surface area contributed by atoms with Crippen LogP contribution in [0.4, 0.5) is 0 Å². The number of ether oxygens (including phenoxy) is 14. The first kappa shape index (κ1) is 77.5. The highest BCUT2D eigenvalue weighted by Crippen LogP contribution is 2.39. The summed E-state index contributed by atoms with van der Waals surface area (Å²) in [5.41, 5.74) is 0. The zero-order chi connectivity index (χ0) is 68.9. The van der Waals surface area contributed by atoms with Crippen LogP contribution in [-0.4, -0.2) is 403 Å². The van der Waals surface area contributed by atoms with E-state index in [1.807, 2.05) is 0 Å². The SMILES string of the molecule is CC(=O)N[C@H]1[C@H](OC[C@H]2O[C@@H](OC([C@H](O)CO)[C@H](O)[C@@H](O)C=O)[C@H](C)[C@@H](O[C@@H]3O[C@H](CO)[C@@H](O)C(O[C@@H]4O[C@H](CO)[C@H](O)[C@H](O)[C@H]4O[C@H]4O[C@@H](C)[C@@H](O)[C@@H](O)[C@@H]4O)[C@H]3NC(C)=O)[C@H]2O)O[C@H](CO)[C@@H](O[C@H]2O[C@H](CO)[C@H](O)[C@H](O)[C@H]2O)[C@@H]1O[C@@H]1O[C@H](O)[C@@H](O)[C@@H](O)[C@@H]1O. The summed E-state index contributed by atoms with van der Waals surface area (Å²) in [4.78, 5) is 38.1. The van der Waals surface area contributed by atoms with Crippen molar-refractivity contribution in [3.63, 3.8) is 0 Å². The lowest BCUT2D eigenvalue weighted by molar-refractivity contribution is -0.391. The summed E-state index contributed by atoms with van der Waals surface area (Å²) in [5.74, 6) is -3.40. The Morgan fingerprint density at radius 1 is 0.430 bits per heavy atom. The largest absolute Gasteiger partial charge is 0.394 e. The monoisotopic (exact) mass is 1360 g/mol. The molecule has 7 fully saturated rings. The van der Waals surface area contributed by atoms with Crippen LogP contribution in [-0.2, 0) is 80.7 Å². The van der Waals surface area contributed by atoms with Gasteiger partial charge < -0.3 is 194 Å². The second-order valence-corrected chi connectivity index (χ2v) is 23.5. The summed E-state index contributed by atoms with van der Waals surface area (Å²) in [5, 5.41) is 242. The Labute approximate surface area is 527 Å². The molecule has 41 nitrogen and oxygen atoms in total. The highest BCUT2D eigenvalue weighted by Gasteiger charge is 2.59. The molecule has 0 aliphatic carbocycles. The Bertz CT molecular complexity index is 2330. The minimum atomic E-state index is -2.36. The summed E-state index contributed by atoms with van der Waals surface area (Å²) in [6.45, 7) is -2.08. The van der Waals surface area contributed by atoms with Crippen LogP contribution < -0.4 is 10.6 Å². The summed E-state index contributed by atoms with van der Waals surface area (Å²) in [6, 6.07) is -3.79. The van der Waals surface area contributed by atoms with Gasteiger partial charge in [0.05, 0.1) is 51.8 Å². The third kappa shape index (κ3) is 17.3. The molecule has 24 N–H and O–H groups in total. The molecular weight excluding hydrogens is 1280 g/mol. The second kappa shape index (κ2) is 33.8. The van der Waals surface area contributed by atoms with Crippen molar-refractivity contribution in [3.8, 4) is 0 Å². The number of nitrogens with one attached hydrogen (secondary N) is 2. The average Bonchev–Trinajstić information content (AvgIpc) is 0.822. The van der Waals surface area contributed by atoms with Crippen molar-refractivity contribution in [1.82, 2.24) is 10.6 Å². The minimum Gasteiger partial charge on any atom is -0.394 e. The molecule has 39 atom stereocenters. The van der Waals surface area contributed by atoms with E-state index in [-0.39, 0.29) is 6.29 Å². The van der Waals surface area contributed by atoms with Gasteiger partial charge in [0, 0.05) is 19.8 Å². The molecule has 0 aromatic heterocycles. The van der Waals surface area contributed by atoms with E-state index in [9.17, 15) is 127 Å². The fourth-order valence-electron chi connectivity index (χ4n) is 11.6. The number of rotatable bonds is 26. The van der Waals surface area contributed by atoms with Crippen molar-refractivity contribution in [3.05, 3.63) is 0 Å². The number of aliphatic hydroxyl groups is 22. The van der Waals surface area contributed by atoms with Gasteiger partial charge in [0.25, 0.3) is 0 Å².